The Bertz CT molecular complexity index is 115. The Kier molecular flexibility index (Phi) is 5.19. The van der Waals surface area contributed by atoms with E-state index in [1.807, 2.05) is 6.92 Å². The van der Waals surface area contributed by atoms with E-state index in [-0.39, 0.29) is 0 Å². The van der Waals surface area contributed by atoms with E-state index in [0.717, 1.165) is 6.42 Å². The van der Waals surface area contributed by atoms with Crippen LogP contribution in [0.1, 0.15) is 26.7 Å². The first-order valence-corrected chi connectivity index (χ1v) is 3.53. The SMILES string of the molecule is CCCC(C)OOOC(F)(F)F. The van der Waals surface area contributed by atoms with Gasteiger partial charge in [0.2, 0.25) is 0 Å². The molecule has 0 rings (SSSR count). The van der Waals surface area contributed by atoms with Crippen LogP contribution < -0.4 is 0 Å². The van der Waals surface area contributed by atoms with Gasteiger partial charge >= 0.3 is 6.36 Å². The highest BCUT2D eigenvalue weighted by molar-refractivity contribution is 4.42. The first-order chi connectivity index (χ1) is 5.45. The number of hydrogen-bond donors (Lipinski definition) is 0. The van der Waals surface area contributed by atoms with Crippen LogP contribution in [0.2, 0.25) is 0 Å². The number of hydrogen-bond acceptors (Lipinski definition) is 3. The van der Waals surface area contributed by atoms with Crippen molar-refractivity contribution in [1.82, 2.24) is 0 Å². The average Bonchev–Trinajstić information content (AvgIpc) is 1.84. The molecule has 0 fully saturated rings. The van der Waals surface area contributed by atoms with Crippen LogP contribution in [0.3, 0.4) is 0 Å². The molecule has 3 nitrogen and oxygen atoms in total. The fourth-order valence-electron chi connectivity index (χ4n) is 0.580. The van der Waals surface area contributed by atoms with Gasteiger partial charge in [-0.3, -0.25) is 0 Å². The largest absolute Gasteiger partial charge is 0.551 e. The molecule has 0 aliphatic carbocycles. The average molecular weight is 188 g/mol. The number of rotatable bonds is 5. The van der Waals surface area contributed by atoms with Crippen molar-refractivity contribution in [2.75, 3.05) is 0 Å². The van der Waals surface area contributed by atoms with Crippen molar-refractivity contribution in [2.45, 2.75) is 39.2 Å². The minimum absolute atomic E-state index is 0.405. The van der Waals surface area contributed by atoms with Gasteiger partial charge in [-0.1, -0.05) is 18.4 Å². The van der Waals surface area contributed by atoms with E-state index in [1.54, 1.807) is 6.92 Å². The zero-order chi connectivity index (χ0) is 9.61. The van der Waals surface area contributed by atoms with Crippen LogP contribution >= 0.6 is 0 Å². The van der Waals surface area contributed by atoms with Gasteiger partial charge in [-0.25, -0.2) is 4.89 Å². The zero-order valence-electron chi connectivity index (χ0n) is 6.85. The van der Waals surface area contributed by atoms with Gasteiger partial charge in [-0.05, 0) is 13.3 Å². The van der Waals surface area contributed by atoms with Gasteiger partial charge < -0.3 is 0 Å². The Morgan fingerprint density at radius 2 is 1.92 bits per heavy atom. The molecule has 1 atom stereocenters. The fourth-order valence-corrected chi connectivity index (χ4v) is 0.580. The minimum Gasteiger partial charge on any atom is -0.203 e. The predicted octanol–water partition coefficient (Wildman–Crippen LogP) is 2.57. The zero-order valence-corrected chi connectivity index (χ0v) is 6.85. The Hall–Kier alpha value is -0.330. The summed E-state index contributed by atoms with van der Waals surface area (Å²) < 4.78 is 33.8. The first kappa shape index (κ1) is 11.7. The van der Waals surface area contributed by atoms with E-state index in [1.165, 1.54) is 0 Å². The van der Waals surface area contributed by atoms with Crippen molar-refractivity contribution < 1.29 is 28.0 Å². The van der Waals surface area contributed by atoms with Crippen LogP contribution in [0.4, 0.5) is 13.2 Å². The van der Waals surface area contributed by atoms with Gasteiger partial charge in [-0.15, -0.1) is 18.1 Å². The van der Waals surface area contributed by atoms with Crippen LogP contribution in [0, 0.1) is 0 Å². The lowest BCUT2D eigenvalue weighted by Gasteiger charge is -2.09. The Morgan fingerprint density at radius 1 is 1.33 bits per heavy atom. The molecule has 74 valence electrons. The third kappa shape index (κ3) is 7.77. The molecule has 6 heteroatoms. The van der Waals surface area contributed by atoms with E-state index in [9.17, 15) is 13.2 Å². The molecule has 0 aromatic heterocycles. The normalized spacial score (nSPS) is 14.8. The van der Waals surface area contributed by atoms with E-state index in [4.69, 9.17) is 0 Å². The van der Waals surface area contributed by atoms with E-state index in [0.29, 0.717) is 6.42 Å². The van der Waals surface area contributed by atoms with Gasteiger partial charge in [0.05, 0.1) is 6.10 Å². The summed E-state index contributed by atoms with van der Waals surface area (Å²) in [4.78, 5) is 7.14. The second kappa shape index (κ2) is 5.34. The van der Waals surface area contributed by atoms with Crippen molar-refractivity contribution in [3.05, 3.63) is 0 Å². The summed E-state index contributed by atoms with van der Waals surface area (Å²) in [5.41, 5.74) is 0. The lowest BCUT2D eigenvalue weighted by molar-refractivity contribution is -0.609. The van der Waals surface area contributed by atoms with E-state index < -0.39 is 12.5 Å². The molecule has 0 heterocycles. The lowest BCUT2D eigenvalue weighted by atomic mass is 10.2. The highest BCUT2D eigenvalue weighted by atomic mass is 19.4. The van der Waals surface area contributed by atoms with Crippen molar-refractivity contribution >= 4 is 0 Å². The van der Waals surface area contributed by atoms with Crippen LogP contribution in [0.25, 0.3) is 0 Å². The second-order valence-corrected chi connectivity index (χ2v) is 2.29. The molecule has 0 saturated heterocycles. The molecule has 0 aliphatic heterocycles. The summed E-state index contributed by atoms with van der Waals surface area (Å²) >= 11 is 0. The maximum absolute atomic E-state index is 11.3. The molecule has 0 saturated carbocycles. The molecule has 1 unspecified atom stereocenters. The van der Waals surface area contributed by atoms with Crippen LogP contribution in [-0.4, -0.2) is 12.5 Å². The van der Waals surface area contributed by atoms with Crippen molar-refractivity contribution in [2.24, 2.45) is 0 Å². The monoisotopic (exact) mass is 188 g/mol. The smallest absolute Gasteiger partial charge is 0.203 e. The number of alkyl halides is 3. The summed E-state index contributed by atoms with van der Waals surface area (Å²) in [5.74, 6) is 0. The van der Waals surface area contributed by atoms with Crippen molar-refractivity contribution in [1.29, 1.82) is 0 Å². The summed E-state index contributed by atoms with van der Waals surface area (Å²) in [6.45, 7) is 3.47. The molecule has 0 N–H and O–H groups in total. The first-order valence-electron chi connectivity index (χ1n) is 3.53. The molecule has 0 amide bonds. The topological polar surface area (TPSA) is 27.7 Å². The molecule has 12 heavy (non-hydrogen) atoms. The molecule has 0 spiro atoms. The molecule has 0 radical (unpaired) electrons. The number of halogens is 3. The van der Waals surface area contributed by atoms with Gasteiger partial charge in [0, 0.05) is 0 Å². The standard InChI is InChI=1S/C6H11F3O3/c1-3-4-5(2)10-12-11-6(7,8)9/h5H,3-4H2,1-2H3. The second-order valence-electron chi connectivity index (χ2n) is 2.29. The van der Waals surface area contributed by atoms with Crippen LogP contribution in [0.5, 0.6) is 0 Å². The van der Waals surface area contributed by atoms with Crippen molar-refractivity contribution in [3.8, 4) is 0 Å². The molecular formula is C6H11F3O3. The molecule has 0 aromatic rings. The highest BCUT2D eigenvalue weighted by Gasteiger charge is 2.32. The maximum atomic E-state index is 11.3. The van der Waals surface area contributed by atoms with Gasteiger partial charge in [0.1, 0.15) is 0 Å². The molecular weight excluding hydrogens is 177 g/mol. The van der Waals surface area contributed by atoms with E-state index >= 15 is 0 Å². The molecule has 0 aliphatic rings. The van der Waals surface area contributed by atoms with Crippen LogP contribution in [0.15, 0.2) is 0 Å². The van der Waals surface area contributed by atoms with Gasteiger partial charge in [-0.2, -0.15) is 0 Å². The summed E-state index contributed by atoms with van der Waals surface area (Å²) in [6, 6.07) is 0. The Morgan fingerprint density at radius 3 is 2.33 bits per heavy atom. The Labute approximate surface area is 68.3 Å². The third-order valence-electron chi connectivity index (χ3n) is 1.03. The maximum Gasteiger partial charge on any atom is 0.551 e. The van der Waals surface area contributed by atoms with Crippen LogP contribution in [-0.2, 0) is 14.8 Å². The van der Waals surface area contributed by atoms with E-state index in [2.05, 4.69) is 14.8 Å². The quantitative estimate of drug-likeness (QED) is 0.490. The Balaban J connectivity index is 3.31. The third-order valence-corrected chi connectivity index (χ3v) is 1.03. The lowest BCUT2D eigenvalue weighted by Crippen LogP contribution is -2.17. The summed E-state index contributed by atoms with van der Waals surface area (Å²) in [6.07, 6.45) is -3.80. The minimum atomic E-state index is -4.81. The van der Waals surface area contributed by atoms with Crippen molar-refractivity contribution in [3.63, 3.8) is 0 Å². The van der Waals surface area contributed by atoms with Gasteiger partial charge in [0.25, 0.3) is 0 Å². The molecule has 0 bridgehead atoms. The summed E-state index contributed by atoms with van der Waals surface area (Å²) in [5, 5.41) is 3.49. The van der Waals surface area contributed by atoms with Gasteiger partial charge in [0.15, 0.2) is 0 Å². The highest BCUT2D eigenvalue weighted by Crippen LogP contribution is 2.17. The predicted molar refractivity (Wildman–Crippen MR) is 33.7 cm³/mol. The molecule has 0 aromatic carbocycles. The fraction of sp³-hybridized carbons (Fsp3) is 1.00. The summed E-state index contributed by atoms with van der Waals surface area (Å²) in [7, 11) is 0.